The van der Waals surface area contributed by atoms with Crippen molar-refractivity contribution in [2.75, 3.05) is 13.2 Å². The van der Waals surface area contributed by atoms with Crippen molar-refractivity contribution in [1.82, 2.24) is 0 Å². The molecule has 1 aliphatic heterocycles. The molecule has 0 unspecified atom stereocenters. The lowest BCUT2D eigenvalue weighted by Crippen LogP contribution is -2.50. The zero-order valence-corrected chi connectivity index (χ0v) is 9.25. The van der Waals surface area contributed by atoms with Gasteiger partial charge in [-0.25, -0.2) is 0 Å². The van der Waals surface area contributed by atoms with Gasteiger partial charge in [0.2, 0.25) is 0 Å². The summed E-state index contributed by atoms with van der Waals surface area (Å²) in [4.78, 5) is 0. The van der Waals surface area contributed by atoms with E-state index in [1.54, 1.807) is 6.08 Å². The Hall–Kier alpha value is -0.380. The van der Waals surface area contributed by atoms with E-state index in [-0.39, 0.29) is 5.41 Å². The van der Waals surface area contributed by atoms with E-state index in [1.165, 1.54) is 0 Å². The van der Waals surface area contributed by atoms with Crippen molar-refractivity contribution in [2.45, 2.75) is 39.1 Å². The predicted molar refractivity (Wildman–Crippen MR) is 54.9 cm³/mol. The van der Waals surface area contributed by atoms with Gasteiger partial charge >= 0.3 is 0 Å². The lowest BCUT2D eigenvalue weighted by Gasteiger charge is -2.43. The van der Waals surface area contributed by atoms with Gasteiger partial charge in [0.25, 0.3) is 0 Å². The van der Waals surface area contributed by atoms with Crippen LogP contribution in [0.15, 0.2) is 12.7 Å². The van der Waals surface area contributed by atoms with Crippen LogP contribution >= 0.6 is 0 Å². The Labute approximate surface area is 85.7 Å². The van der Waals surface area contributed by atoms with Gasteiger partial charge in [0, 0.05) is 5.41 Å². The summed E-state index contributed by atoms with van der Waals surface area (Å²) < 4.78 is 11.1. The largest absolute Gasteiger partial charge is 0.392 e. The van der Waals surface area contributed by atoms with Crippen LogP contribution < -0.4 is 0 Å². The Morgan fingerprint density at radius 2 is 1.86 bits per heavy atom. The summed E-state index contributed by atoms with van der Waals surface area (Å²) in [5, 5.41) is 9.87. The van der Waals surface area contributed by atoms with Crippen molar-refractivity contribution in [1.29, 1.82) is 0 Å². The maximum atomic E-state index is 9.87. The standard InChI is InChI=1S/C11H20O3/c1-5-6-9(12)11(4)7-13-10(2,3)14-8-11/h5,9,12H,1,6-8H2,2-4H3/t9-/m1/s1. The third kappa shape index (κ3) is 2.56. The monoisotopic (exact) mass is 200 g/mol. The molecule has 1 fully saturated rings. The average Bonchev–Trinajstić information content (AvgIpc) is 2.11. The minimum absolute atomic E-state index is 0.316. The molecule has 0 radical (unpaired) electrons. The zero-order valence-electron chi connectivity index (χ0n) is 9.25. The van der Waals surface area contributed by atoms with Crippen molar-refractivity contribution in [3.63, 3.8) is 0 Å². The molecular formula is C11H20O3. The Morgan fingerprint density at radius 1 is 1.36 bits per heavy atom. The quantitative estimate of drug-likeness (QED) is 0.705. The molecule has 3 nitrogen and oxygen atoms in total. The molecule has 82 valence electrons. The van der Waals surface area contributed by atoms with E-state index in [2.05, 4.69) is 6.58 Å². The molecule has 0 aromatic rings. The van der Waals surface area contributed by atoms with Crippen LogP contribution in [0.25, 0.3) is 0 Å². The molecule has 0 amide bonds. The zero-order chi connectivity index (χ0) is 10.8. The Kier molecular flexibility index (Phi) is 3.35. The molecule has 1 saturated heterocycles. The van der Waals surface area contributed by atoms with Gasteiger partial charge in [-0.05, 0) is 20.3 Å². The molecule has 3 heteroatoms. The fourth-order valence-electron chi connectivity index (χ4n) is 1.40. The fourth-order valence-corrected chi connectivity index (χ4v) is 1.40. The highest BCUT2D eigenvalue weighted by atomic mass is 16.7. The molecule has 1 atom stereocenters. The number of rotatable bonds is 3. The molecule has 0 aliphatic carbocycles. The molecule has 14 heavy (non-hydrogen) atoms. The van der Waals surface area contributed by atoms with Crippen LogP contribution in [-0.2, 0) is 9.47 Å². The summed E-state index contributed by atoms with van der Waals surface area (Å²) in [6.07, 6.45) is 1.84. The third-order valence-corrected chi connectivity index (χ3v) is 2.69. The molecule has 1 aliphatic rings. The first kappa shape index (κ1) is 11.7. The Balaban J connectivity index is 2.56. The van der Waals surface area contributed by atoms with Gasteiger partial charge in [-0.15, -0.1) is 6.58 Å². The van der Waals surface area contributed by atoms with E-state index in [9.17, 15) is 5.11 Å². The van der Waals surface area contributed by atoms with Gasteiger partial charge in [0.1, 0.15) is 0 Å². The lowest BCUT2D eigenvalue weighted by atomic mass is 9.83. The summed E-state index contributed by atoms with van der Waals surface area (Å²) in [5.74, 6) is -0.520. The first-order valence-electron chi connectivity index (χ1n) is 4.96. The summed E-state index contributed by atoms with van der Waals surface area (Å²) in [6, 6.07) is 0. The van der Waals surface area contributed by atoms with Crippen LogP contribution in [0.3, 0.4) is 0 Å². The molecular weight excluding hydrogens is 180 g/mol. The highest BCUT2D eigenvalue weighted by Crippen LogP contribution is 2.33. The number of hydrogen-bond donors (Lipinski definition) is 1. The molecule has 0 aromatic carbocycles. The topological polar surface area (TPSA) is 38.7 Å². The second-order valence-electron chi connectivity index (χ2n) is 4.67. The van der Waals surface area contributed by atoms with Gasteiger partial charge in [-0.2, -0.15) is 0 Å². The average molecular weight is 200 g/mol. The van der Waals surface area contributed by atoms with E-state index in [0.29, 0.717) is 19.6 Å². The first-order chi connectivity index (χ1) is 6.40. The van der Waals surface area contributed by atoms with Crippen LogP contribution in [0.2, 0.25) is 0 Å². The van der Waals surface area contributed by atoms with Crippen LogP contribution in [0.1, 0.15) is 27.2 Å². The molecule has 1 rings (SSSR count). The fraction of sp³-hybridized carbons (Fsp3) is 0.818. The maximum absolute atomic E-state index is 9.87. The lowest BCUT2D eigenvalue weighted by molar-refractivity contribution is -0.295. The van der Waals surface area contributed by atoms with E-state index < -0.39 is 11.9 Å². The SMILES string of the molecule is C=CC[C@@H](O)C1(C)COC(C)(C)OC1. The molecule has 0 aromatic heterocycles. The van der Waals surface area contributed by atoms with Crippen LogP contribution in [0.5, 0.6) is 0 Å². The minimum atomic E-state index is -0.520. The highest BCUT2D eigenvalue weighted by molar-refractivity contribution is 4.89. The van der Waals surface area contributed by atoms with Gasteiger partial charge < -0.3 is 14.6 Å². The van der Waals surface area contributed by atoms with Crippen LogP contribution in [0.4, 0.5) is 0 Å². The van der Waals surface area contributed by atoms with E-state index in [1.807, 2.05) is 20.8 Å². The van der Waals surface area contributed by atoms with Crippen LogP contribution in [-0.4, -0.2) is 30.2 Å². The highest BCUT2D eigenvalue weighted by Gasteiger charge is 2.40. The number of aliphatic hydroxyl groups excluding tert-OH is 1. The van der Waals surface area contributed by atoms with Gasteiger partial charge in [0.05, 0.1) is 19.3 Å². The second-order valence-corrected chi connectivity index (χ2v) is 4.67. The van der Waals surface area contributed by atoms with Crippen molar-refractivity contribution in [2.24, 2.45) is 5.41 Å². The summed E-state index contributed by atoms with van der Waals surface area (Å²) in [5.41, 5.74) is -0.316. The molecule has 0 bridgehead atoms. The van der Waals surface area contributed by atoms with Crippen molar-refractivity contribution in [3.8, 4) is 0 Å². The smallest absolute Gasteiger partial charge is 0.162 e. The maximum Gasteiger partial charge on any atom is 0.162 e. The molecule has 1 heterocycles. The molecule has 0 spiro atoms. The predicted octanol–water partition coefficient (Wildman–Crippen LogP) is 1.71. The second kappa shape index (κ2) is 4.01. The molecule has 1 N–H and O–H groups in total. The Bertz CT molecular complexity index is 201. The molecule has 0 saturated carbocycles. The summed E-state index contributed by atoms with van der Waals surface area (Å²) in [6.45, 7) is 10.4. The van der Waals surface area contributed by atoms with Crippen LogP contribution in [0, 0.1) is 5.41 Å². The van der Waals surface area contributed by atoms with E-state index in [0.717, 1.165) is 0 Å². The van der Waals surface area contributed by atoms with E-state index >= 15 is 0 Å². The van der Waals surface area contributed by atoms with Gasteiger partial charge in [0.15, 0.2) is 5.79 Å². The number of ether oxygens (including phenoxy) is 2. The minimum Gasteiger partial charge on any atom is -0.392 e. The summed E-state index contributed by atoms with van der Waals surface area (Å²) in [7, 11) is 0. The summed E-state index contributed by atoms with van der Waals surface area (Å²) >= 11 is 0. The third-order valence-electron chi connectivity index (χ3n) is 2.69. The van der Waals surface area contributed by atoms with Crippen molar-refractivity contribution >= 4 is 0 Å². The van der Waals surface area contributed by atoms with Gasteiger partial charge in [-0.3, -0.25) is 0 Å². The van der Waals surface area contributed by atoms with Crippen molar-refractivity contribution in [3.05, 3.63) is 12.7 Å². The van der Waals surface area contributed by atoms with Gasteiger partial charge in [-0.1, -0.05) is 13.0 Å². The van der Waals surface area contributed by atoms with Crippen molar-refractivity contribution < 1.29 is 14.6 Å². The number of aliphatic hydroxyl groups is 1. The first-order valence-corrected chi connectivity index (χ1v) is 4.96. The normalized spacial score (nSPS) is 26.9. The van der Waals surface area contributed by atoms with E-state index in [4.69, 9.17) is 9.47 Å². The Morgan fingerprint density at radius 3 is 2.29 bits per heavy atom. The number of hydrogen-bond acceptors (Lipinski definition) is 3.